The van der Waals surface area contributed by atoms with Crippen LogP contribution in [0.1, 0.15) is 24.8 Å². The zero-order valence-corrected chi connectivity index (χ0v) is 12.6. The number of carbonyl (C=O) groups is 2. The minimum atomic E-state index is -0.938. The van der Waals surface area contributed by atoms with E-state index in [-0.39, 0.29) is 18.7 Å². The monoisotopic (exact) mass is 308 g/mol. The Hall–Kier alpha value is -2.15. The lowest BCUT2D eigenvalue weighted by Gasteiger charge is -2.10. The van der Waals surface area contributed by atoms with Crippen LogP contribution in [-0.2, 0) is 16.0 Å². The number of nitrogens with zero attached hydrogens (tertiary/aromatic N) is 1. The molecule has 0 bridgehead atoms. The van der Waals surface area contributed by atoms with Gasteiger partial charge < -0.3 is 14.8 Å². The largest absolute Gasteiger partial charge is 0.481 e. The molecule has 0 saturated carbocycles. The number of rotatable bonds is 6. The summed E-state index contributed by atoms with van der Waals surface area (Å²) in [6, 6.07) is 3.30. The van der Waals surface area contributed by atoms with E-state index in [1.807, 2.05) is 19.1 Å². The third-order valence-corrected chi connectivity index (χ3v) is 3.64. The van der Waals surface area contributed by atoms with Crippen molar-refractivity contribution >= 4 is 23.2 Å². The lowest BCUT2D eigenvalue weighted by atomic mass is 10.2. The van der Waals surface area contributed by atoms with E-state index in [9.17, 15) is 9.59 Å². The van der Waals surface area contributed by atoms with E-state index >= 15 is 0 Å². The van der Waals surface area contributed by atoms with Gasteiger partial charge in [0.25, 0.3) is 0 Å². The first kappa shape index (κ1) is 15.2. The summed E-state index contributed by atoms with van der Waals surface area (Å²) in [6.07, 6.45) is 0.0277. The summed E-state index contributed by atoms with van der Waals surface area (Å²) in [4.78, 5) is 26.7. The molecule has 2 aromatic heterocycles. The van der Waals surface area contributed by atoms with Gasteiger partial charge in [-0.25, -0.2) is 4.98 Å². The van der Waals surface area contributed by atoms with Crippen molar-refractivity contribution in [3.05, 3.63) is 29.0 Å². The van der Waals surface area contributed by atoms with Crippen LogP contribution >= 0.6 is 11.3 Å². The molecule has 0 aliphatic heterocycles. The molecule has 112 valence electrons. The van der Waals surface area contributed by atoms with E-state index in [4.69, 9.17) is 9.52 Å². The Bertz CT molecular complexity index is 647. The van der Waals surface area contributed by atoms with E-state index in [1.54, 1.807) is 12.3 Å². The fourth-order valence-electron chi connectivity index (χ4n) is 1.85. The molecule has 0 saturated heterocycles. The highest BCUT2D eigenvalue weighted by Crippen LogP contribution is 2.25. The zero-order chi connectivity index (χ0) is 15.4. The van der Waals surface area contributed by atoms with Gasteiger partial charge in [-0.15, -0.1) is 11.3 Å². The summed E-state index contributed by atoms with van der Waals surface area (Å²) in [5, 5.41) is 13.8. The van der Waals surface area contributed by atoms with Crippen molar-refractivity contribution in [3.63, 3.8) is 0 Å². The molecule has 7 heteroatoms. The zero-order valence-electron chi connectivity index (χ0n) is 11.8. The lowest BCUT2D eigenvalue weighted by Crippen LogP contribution is -2.35. The van der Waals surface area contributed by atoms with Gasteiger partial charge in [0.15, 0.2) is 10.8 Å². The molecule has 2 N–H and O–H groups in total. The molecule has 1 amide bonds. The summed E-state index contributed by atoms with van der Waals surface area (Å²) in [5.74, 6) is 0.313. The average Bonchev–Trinajstić information content (AvgIpc) is 2.96. The van der Waals surface area contributed by atoms with E-state index in [1.165, 1.54) is 11.3 Å². The first-order valence-electron chi connectivity index (χ1n) is 6.46. The van der Waals surface area contributed by atoms with E-state index in [2.05, 4.69) is 10.3 Å². The first-order chi connectivity index (χ1) is 9.94. The van der Waals surface area contributed by atoms with Gasteiger partial charge in [0.2, 0.25) is 5.91 Å². The van der Waals surface area contributed by atoms with Crippen molar-refractivity contribution < 1.29 is 19.1 Å². The first-order valence-corrected chi connectivity index (χ1v) is 7.34. The number of amides is 1. The van der Waals surface area contributed by atoms with Crippen molar-refractivity contribution in [2.45, 2.75) is 32.7 Å². The topological polar surface area (TPSA) is 92.4 Å². The van der Waals surface area contributed by atoms with Crippen LogP contribution in [-0.4, -0.2) is 28.0 Å². The van der Waals surface area contributed by atoms with Gasteiger partial charge in [-0.3, -0.25) is 9.59 Å². The molecule has 0 aliphatic rings. The fourth-order valence-corrected chi connectivity index (χ4v) is 2.63. The number of hydrogen-bond acceptors (Lipinski definition) is 5. The van der Waals surface area contributed by atoms with Crippen LogP contribution in [0.15, 0.2) is 21.9 Å². The maximum absolute atomic E-state index is 11.8. The Morgan fingerprint density at radius 1 is 1.48 bits per heavy atom. The highest BCUT2D eigenvalue weighted by Gasteiger charge is 2.14. The number of aryl methyl sites for hydroxylation is 1. The minimum absolute atomic E-state index is 0.0975. The van der Waals surface area contributed by atoms with Crippen LogP contribution in [0.5, 0.6) is 0 Å². The fraction of sp³-hybridized carbons (Fsp3) is 0.357. The molecule has 1 atom stereocenters. The smallest absolute Gasteiger partial charge is 0.305 e. The second-order valence-electron chi connectivity index (χ2n) is 4.80. The molecular weight excluding hydrogens is 292 g/mol. The predicted molar refractivity (Wildman–Crippen MR) is 78.1 cm³/mol. The highest BCUT2D eigenvalue weighted by atomic mass is 32.1. The maximum atomic E-state index is 11.8. The van der Waals surface area contributed by atoms with Gasteiger partial charge >= 0.3 is 5.97 Å². The summed E-state index contributed by atoms with van der Waals surface area (Å²) in [7, 11) is 0. The molecule has 0 radical (unpaired) electrons. The second kappa shape index (κ2) is 6.53. The molecular formula is C14H16N2O4S. The van der Waals surface area contributed by atoms with Crippen LogP contribution in [0.2, 0.25) is 0 Å². The Morgan fingerprint density at radius 2 is 2.24 bits per heavy atom. The molecule has 1 unspecified atom stereocenters. The number of carbonyl (C=O) groups excluding carboxylic acids is 1. The maximum Gasteiger partial charge on any atom is 0.305 e. The summed E-state index contributed by atoms with van der Waals surface area (Å²) < 4.78 is 5.48. The molecule has 2 aromatic rings. The minimum Gasteiger partial charge on any atom is -0.481 e. The number of thiazole rings is 1. The molecule has 0 aromatic carbocycles. The standard InChI is InChI=1S/C14H16N2O4S/c1-8(5-13(18)19)15-12(17)6-10-7-21-14(16-10)11-4-3-9(2)20-11/h3-4,7-8H,5-6H2,1-2H3,(H,15,17)(H,18,19). The molecule has 6 nitrogen and oxygen atoms in total. The number of hydrogen-bond donors (Lipinski definition) is 2. The normalized spacial score (nSPS) is 12.1. The third kappa shape index (κ3) is 4.42. The van der Waals surface area contributed by atoms with Crippen molar-refractivity contribution in [3.8, 4) is 10.8 Å². The highest BCUT2D eigenvalue weighted by molar-refractivity contribution is 7.13. The van der Waals surface area contributed by atoms with Gasteiger partial charge in [0.1, 0.15) is 5.76 Å². The second-order valence-corrected chi connectivity index (χ2v) is 5.66. The van der Waals surface area contributed by atoms with Gasteiger partial charge in [-0.05, 0) is 26.0 Å². The Labute approximate surface area is 125 Å². The van der Waals surface area contributed by atoms with Crippen LogP contribution in [0.4, 0.5) is 0 Å². The summed E-state index contributed by atoms with van der Waals surface area (Å²) in [5.41, 5.74) is 0.643. The Morgan fingerprint density at radius 3 is 2.86 bits per heavy atom. The van der Waals surface area contributed by atoms with Crippen LogP contribution in [0, 0.1) is 6.92 Å². The number of carboxylic acids is 1. The van der Waals surface area contributed by atoms with Crippen LogP contribution < -0.4 is 5.32 Å². The third-order valence-electron chi connectivity index (χ3n) is 2.73. The number of nitrogens with one attached hydrogen (secondary N) is 1. The summed E-state index contributed by atoms with van der Waals surface area (Å²) in [6.45, 7) is 3.51. The van der Waals surface area contributed by atoms with Gasteiger partial charge in [-0.2, -0.15) is 0 Å². The van der Waals surface area contributed by atoms with E-state index < -0.39 is 12.0 Å². The quantitative estimate of drug-likeness (QED) is 0.853. The number of furan rings is 1. The van der Waals surface area contributed by atoms with Crippen LogP contribution in [0.3, 0.4) is 0 Å². The number of carboxylic acid groups (broad SMARTS) is 1. The van der Waals surface area contributed by atoms with Gasteiger partial charge in [0.05, 0.1) is 18.5 Å². The Balaban J connectivity index is 1.93. The molecule has 2 heterocycles. The number of aliphatic carboxylic acids is 1. The van der Waals surface area contributed by atoms with Gasteiger partial charge in [-0.1, -0.05) is 0 Å². The average molecular weight is 308 g/mol. The van der Waals surface area contributed by atoms with Crippen molar-refractivity contribution in [1.82, 2.24) is 10.3 Å². The van der Waals surface area contributed by atoms with Crippen molar-refractivity contribution in [2.75, 3.05) is 0 Å². The molecule has 0 fully saturated rings. The molecule has 2 rings (SSSR count). The SMILES string of the molecule is Cc1ccc(-c2nc(CC(=O)NC(C)CC(=O)O)cs2)o1. The molecule has 0 aliphatic carbocycles. The van der Waals surface area contributed by atoms with E-state index in [0.717, 1.165) is 10.8 Å². The van der Waals surface area contributed by atoms with Crippen LogP contribution in [0.25, 0.3) is 10.8 Å². The summed E-state index contributed by atoms with van der Waals surface area (Å²) >= 11 is 1.41. The Kier molecular flexibility index (Phi) is 4.74. The van der Waals surface area contributed by atoms with Crippen molar-refractivity contribution in [1.29, 1.82) is 0 Å². The predicted octanol–water partition coefficient (Wildman–Crippen LogP) is 2.23. The molecule has 0 spiro atoms. The lowest BCUT2D eigenvalue weighted by molar-refractivity contribution is -0.137. The van der Waals surface area contributed by atoms with E-state index in [0.29, 0.717) is 11.5 Å². The molecule has 21 heavy (non-hydrogen) atoms. The number of aromatic nitrogens is 1. The van der Waals surface area contributed by atoms with Crippen molar-refractivity contribution in [2.24, 2.45) is 0 Å². The van der Waals surface area contributed by atoms with Gasteiger partial charge in [0, 0.05) is 11.4 Å².